The molecule has 1 heterocycles. The lowest BCUT2D eigenvalue weighted by molar-refractivity contribution is -0.274. The third-order valence-corrected chi connectivity index (χ3v) is 6.02. The van der Waals surface area contributed by atoms with Gasteiger partial charge >= 0.3 is 6.36 Å². The highest BCUT2D eigenvalue weighted by Crippen LogP contribution is 2.37. The van der Waals surface area contributed by atoms with Crippen molar-refractivity contribution in [2.24, 2.45) is 5.73 Å². The first-order valence-electron chi connectivity index (χ1n) is 12.2. The molecule has 14 heteroatoms. The van der Waals surface area contributed by atoms with Crippen LogP contribution in [0.5, 0.6) is 11.5 Å². The van der Waals surface area contributed by atoms with Crippen molar-refractivity contribution in [2.75, 3.05) is 17.2 Å². The lowest BCUT2D eigenvalue weighted by Crippen LogP contribution is -2.21. The second kappa shape index (κ2) is 13.9. The molecule has 0 saturated heterocycles. The molecule has 4 rings (SSSR count). The highest BCUT2D eigenvalue weighted by Gasteiger charge is 2.33. The minimum atomic E-state index is -5.06. The number of phenolic OH excluding ortho intramolecular Hbond substituents is 1. The van der Waals surface area contributed by atoms with Gasteiger partial charge in [-0.25, -0.2) is 4.98 Å². The standard InChI is InChI=1S/C29H21ClF3N5O4.ClH/c30-17-8-9-19(24(39)13-17)23-14-21(16-4-3-5-18(12-16)36-26(40)10-11-34)22(15-35)27(37-23)38-28(41)20-6-1-2-7-25(20)42-29(31,32)33;/h1-9,12-14,39H,10-11,34H2,(H,36,40)(H,37,38,41);1H. The van der Waals surface area contributed by atoms with Crippen LogP contribution in [0.15, 0.2) is 72.8 Å². The fourth-order valence-corrected chi connectivity index (χ4v) is 4.16. The predicted molar refractivity (Wildman–Crippen MR) is 157 cm³/mol. The number of nitrogens with two attached hydrogens (primary N) is 1. The SMILES string of the molecule is Cl.N#Cc1c(-c2cccc(NC(=O)CCN)c2)cc(-c2ccc(Cl)cc2O)nc1NC(=O)c1ccccc1OC(F)(F)F. The Balaban J connectivity index is 0.00000506. The highest BCUT2D eigenvalue weighted by molar-refractivity contribution is 6.30. The number of carbonyl (C=O) groups excluding carboxylic acids is 2. The maximum atomic E-state index is 13.2. The number of alkyl halides is 3. The number of halogens is 5. The zero-order chi connectivity index (χ0) is 30.4. The van der Waals surface area contributed by atoms with E-state index in [1.165, 1.54) is 36.4 Å². The fourth-order valence-electron chi connectivity index (χ4n) is 4.00. The molecule has 4 aromatic rings. The van der Waals surface area contributed by atoms with E-state index < -0.39 is 23.6 Å². The number of ether oxygens (including phenoxy) is 1. The number of hydrogen-bond donors (Lipinski definition) is 4. The molecular weight excluding hydrogens is 610 g/mol. The van der Waals surface area contributed by atoms with Crippen molar-refractivity contribution in [3.05, 3.63) is 88.9 Å². The maximum absolute atomic E-state index is 13.2. The van der Waals surface area contributed by atoms with Gasteiger partial charge in [0.2, 0.25) is 5.91 Å². The van der Waals surface area contributed by atoms with Crippen LogP contribution in [0.4, 0.5) is 24.7 Å². The van der Waals surface area contributed by atoms with E-state index in [2.05, 4.69) is 20.4 Å². The molecule has 0 unspecified atom stereocenters. The quantitative estimate of drug-likeness (QED) is 0.173. The van der Waals surface area contributed by atoms with Gasteiger partial charge < -0.3 is 26.2 Å². The number of pyridine rings is 1. The van der Waals surface area contributed by atoms with E-state index in [1.54, 1.807) is 24.3 Å². The van der Waals surface area contributed by atoms with Gasteiger partial charge in [0.25, 0.3) is 5.91 Å². The average molecular weight is 632 g/mol. The van der Waals surface area contributed by atoms with Gasteiger partial charge in [-0.05, 0) is 54.1 Å². The fraction of sp³-hybridized carbons (Fsp3) is 0.103. The van der Waals surface area contributed by atoms with E-state index in [0.717, 1.165) is 12.1 Å². The molecule has 0 aliphatic heterocycles. The van der Waals surface area contributed by atoms with E-state index in [9.17, 15) is 33.1 Å². The van der Waals surface area contributed by atoms with Crippen LogP contribution >= 0.6 is 24.0 Å². The zero-order valence-corrected chi connectivity index (χ0v) is 23.5. The summed E-state index contributed by atoms with van der Waals surface area (Å²) in [5, 5.41) is 26.0. The van der Waals surface area contributed by atoms with Crippen molar-refractivity contribution < 1.29 is 32.6 Å². The number of carbonyl (C=O) groups is 2. The third-order valence-electron chi connectivity index (χ3n) is 5.79. The Morgan fingerprint density at radius 1 is 1.02 bits per heavy atom. The molecule has 0 aliphatic rings. The summed E-state index contributed by atoms with van der Waals surface area (Å²) < 4.78 is 42.9. The van der Waals surface area contributed by atoms with Crippen molar-refractivity contribution in [2.45, 2.75) is 12.8 Å². The molecule has 3 aromatic carbocycles. The number of rotatable bonds is 8. The van der Waals surface area contributed by atoms with E-state index in [-0.39, 0.29) is 70.3 Å². The Bertz CT molecular complexity index is 1710. The molecule has 0 aliphatic carbocycles. The first kappa shape index (κ1) is 32.7. The summed E-state index contributed by atoms with van der Waals surface area (Å²) in [6.07, 6.45) is -4.98. The first-order chi connectivity index (χ1) is 20.0. The number of aromatic hydroxyl groups is 1. The lowest BCUT2D eigenvalue weighted by Gasteiger charge is -2.16. The van der Waals surface area contributed by atoms with Gasteiger partial charge in [0.1, 0.15) is 23.1 Å². The van der Waals surface area contributed by atoms with Crippen molar-refractivity contribution >= 4 is 47.3 Å². The van der Waals surface area contributed by atoms with Crippen LogP contribution in [0.1, 0.15) is 22.3 Å². The summed E-state index contributed by atoms with van der Waals surface area (Å²) in [7, 11) is 0. The van der Waals surface area contributed by atoms with Crippen LogP contribution in [-0.2, 0) is 4.79 Å². The third kappa shape index (κ3) is 8.14. The summed E-state index contributed by atoms with van der Waals surface area (Å²) >= 11 is 5.97. The van der Waals surface area contributed by atoms with E-state index in [0.29, 0.717) is 11.3 Å². The van der Waals surface area contributed by atoms with Crippen LogP contribution in [0, 0.1) is 11.3 Å². The Morgan fingerprint density at radius 3 is 2.44 bits per heavy atom. The molecule has 1 aromatic heterocycles. The summed E-state index contributed by atoms with van der Waals surface area (Å²) in [5.41, 5.74) is 6.18. The molecule has 0 atom stereocenters. The minimum absolute atomic E-state index is 0. The number of aromatic nitrogens is 1. The van der Waals surface area contributed by atoms with Crippen LogP contribution in [-0.4, -0.2) is 34.8 Å². The van der Waals surface area contributed by atoms with E-state index in [1.807, 2.05) is 6.07 Å². The molecule has 0 saturated carbocycles. The molecule has 9 nitrogen and oxygen atoms in total. The highest BCUT2D eigenvalue weighted by atomic mass is 35.5. The molecule has 0 radical (unpaired) electrons. The molecule has 222 valence electrons. The number of nitriles is 1. The molecule has 43 heavy (non-hydrogen) atoms. The van der Waals surface area contributed by atoms with Crippen molar-refractivity contribution in [1.29, 1.82) is 5.26 Å². The minimum Gasteiger partial charge on any atom is -0.507 e. The second-order valence-electron chi connectivity index (χ2n) is 8.72. The van der Waals surface area contributed by atoms with Gasteiger partial charge in [0.05, 0.1) is 11.3 Å². The van der Waals surface area contributed by atoms with Gasteiger partial charge in [-0.3, -0.25) is 9.59 Å². The Labute approximate surface area is 254 Å². The van der Waals surface area contributed by atoms with Crippen LogP contribution in [0.25, 0.3) is 22.4 Å². The number of nitrogens with zero attached hydrogens (tertiary/aromatic N) is 2. The van der Waals surface area contributed by atoms with Crippen LogP contribution in [0.2, 0.25) is 5.02 Å². The second-order valence-corrected chi connectivity index (χ2v) is 9.15. The molecule has 0 bridgehead atoms. The van der Waals surface area contributed by atoms with Gasteiger partial charge in [0.15, 0.2) is 5.82 Å². The van der Waals surface area contributed by atoms with Gasteiger partial charge in [-0.1, -0.05) is 35.9 Å². The zero-order valence-electron chi connectivity index (χ0n) is 21.9. The van der Waals surface area contributed by atoms with E-state index >= 15 is 0 Å². The van der Waals surface area contributed by atoms with Gasteiger partial charge in [0, 0.05) is 34.8 Å². The van der Waals surface area contributed by atoms with Crippen molar-refractivity contribution in [3.8, 4) is 40.0 Å². The average Bonchev–Trinajstić information content (AvgIpc) is 2.92. The summed E-state index contributed by atoms with van der Waals surface area (Å²) in [5.74, 6) is -2.68. The number of para-hydroxylation sites is 1. The first-order valence-corrected chi connectivity index (χ1v) is 12.6. The largest absolute Gasteiger partial charge is 0.573 e. The summed E-state index contributed by atoms with van der Waals surface area (Å²) in [6.45, 7) is 0.141. The number of benzene rings is 3. The summed E-state index contributed by atoms with van der Waals surface area (Å²) in [6, 6.07) is 18.8. The van der Waals surface area contributed by atoms with Crippen LogP contribution < -0.4 is 21.1 Å². The monoisotopic (exact) mass is 631 g/mol. The van der Waals surface area contributed by atoms with Crippen molar-refractivity contribution in [1.82, 2.24) is 4.98 Å². The summed E-state index contributed by atoms with van der Waals surface area (Å²) in [4.78, 5) is 29.6. The number of hydrogen-bond acceptors (Lipinski definition) is 7. The molecule has 0 fully saturated rings. The lowest BCUT2D eigenvalue weighted by atomic mass is 9.97. The number of nitrogens with one attached hydrogen (secondary N) is 2. The Kier molecular flexibility index (Phi) is 10.6. The molecule has 0 spiro atoms. The maximum Gasteiger partial charge on any atom is 0.573 e. The number of amides is 2. The van der Waals surface area contributed by atoms with E-state index in [4.69, 9.17) is 17.3 Å². The topological polar surface area (TPSA) is 150 Å². The molecular formula is C29H22Cl2F3N5O4. The molecule has 5 N–H and O–H groups in total. The smallest absolute Gasteiger partial charge is 0.507 e. The molecule has 2 amide bonds. The Morgan fingerprint density at radius 2 is 1.77 bits per heavy atom. The van der Waals surface area contributed by atoms with Crippen molar-refractivity contribution in [3.63, 3.8) is 0 Å². The number of phenols is 1. The normalized spacial score (nSPS) is 10.7. The van der Waals surface area contributed by atoms with Crippen LogP contribution in [0.3, 0.4) is 0 Å². The number of anilines is 2. The van der Waals surface area contributed by atoms with Gasteiger partial charge in [-0.15, -0.1) is 25.6 Å². The van der Waals surface area contributed by atoms with Gasteiger partial charge in [-0.2, -0.15) is 5.26 Å². The predicted octanol–water partition coefficient (Wildman–Crippen LogP) is 6.51. The Hall–Kier alpha value is -4.83.